The van der Waals surface area contributed by atoms with Crippen molar-refractivity contribution in [2.45, 2.75) is 58.3 Å². The maximum atomic E-state index is 3.55. The third kappa shape index (κ3) is 5.30. The molecule has 1 rings (SSSR count). The van der Waals surface area contributed by atoms with Gasteiger partial charge in [-0.3, -0.25) is 0 Å². The van der Waals surface area contributed by atoms with Crippen LogP contribution < -0.4 is 5.32 Å². The van der Waals surface area contributed by atoms with Crippen molar-refractivity contribution in [1.29, 1.82) is 0 Å². The van der Waals surface area contributed by atoms with Crippen molar-refractivity contribution in [3.63, 3.8) is 0 Å². The van der Waals surface area contributed by atoms with E-state index in [2.05, 4.69) is 12.2 Å². The van der Waals surface area contributed by atoms with Gasteiger partial charge in [-0.15, -0.1) is 0 Å². The van der Waals surface area contributed by atoms with Gasteiger partial charge in [0.05, 0.1) is 0 Å². The summed E-state index contributed by atoms with van der Waals surface area (Å²) >= 11 is 0. The summed E-state index contributed by atoms with van der Waals surface area (Å²) in [5, 5.41) is 3.55. The Labute approximate surface area is 83.3 Å². The number of rotatable bonds is 7. The van der Waals surface area contributed by atoms with Gasteiger partial charge in [0.25, 0.3) is 0 Å². The van der Waals surface area contributed by atoms with Gasteiger partial charge in [0, 0.05) is 0 Å². The standard InChI is InChI=1S/C12H25N/c1-2-3-6-10-13-11-9-12-7-4-5-8-12/h12-13H,2-11H2,1H3. The van der Waals surface area contributed by atoms with E-state index < -0.39 is 0 Å². The molecule has 78 valence electrons. The lowest BCUT2D eigenvalue weighted by Crippen LogP contribution is -2.18. The fourth-order valence-electron chi connectivity index (χ4n) is 2.23. The Bertz CT molecular complexity index is 106. The van der Waals surface area contributed by atoms with E-state index in [4.69, 9.17) is 0 Å². The van der Waals surface area contributed by atoms with E-state index in [9.17, 15) is 0 Å². The molecule has 1 N–H and O–H groups in total. The average Bonchev–Trinajstić information content (AvgIpc) is 2.63. The summed E-state index contributed by atoms with van der Waals surface area (Å²) in [5.74, 6) is 1.05. The van der Waals surface area contributed by atoms with Crippen molar-refractivity contribution in [3.8, 4) is 0 Å². The molecule has 0 aromatic heterocycles. The molecular formula is C12H25N. The second-order valence-corrected chi connectivity index (χ2v) is 4.40. The van der Waals surface area contributed by atoms with Crippen LogP contribution in [0.2, 0.25) is 0 Å². The lowest BCUT2D eigenvalue weighted by atomic mass is 10.0. The quantitative estimate of drug-likeness (QED) is 0.597. The van der Waals surface area contributed by atoms with Gasteiger partial charge in [-0.1, -0.05) is 45.4 Å². The van der Waals surface area contributed by atoms with Crippen LogP contribution in [0.1, 0.15) is 58.3 Å². The van der Waals surface area contributed by atoms with Crippen LogP contribution >= 0.6 is 0 Å². The molecule has 0 saturated heterocycles. The SMILES string of the molecule is CCCCCNCCC1CCCC1. The molecule has 0 bridgehead atoms. The van der Waals surface area contributed by atoms with E-state index in [1.165, 1.54) is 64.5 Å². The molecule has 1 aliphatic rings. The molecule has 1 saturated carbocycles. The first-order valence-electron chi connectivity index (χ1n) is 6.14. The Hall–Kier alpha value is -0.0400. The minimum atomic E-state index is 1.05. The Kier molecular flexibility index (Phi) is 6.26. The Morgan fingerprint density at radius 3 is 2.54 bits per heavy atom. The fraction of sp³-hybridized carbons (Fsp3) is 1.00. The predicted molar refractivity (Wildman–Crippen MR) is 59.0 cm³/mol. The summed E-state index contributed by atoms with van der Waals surface area (Å²) in [5.41, 5.74) is 0. The molecule has 1 nitrogen and oxygen atoms in total. The molecule has 0 aromatic rings. The molecule has 1 fully saturated rings. The lowest BCUT2D eigenvalue weighted by molar-refractivity contribution is 0.473. The second kappa shape index (κ2) is 7.37. The Morgan fingerprint density at radius 2 is 1.85 bits per heavy atom. The first-order chi connectivity index (χ1) is 6.43. The van der Waals surface area contributed by atoms with Gasteiger partial charge in [-0.25, -0.2) is 0 Å². The first kappa shape index (κ1) is 11.0. The largest absolute Gasteiger partial charge is 0.317 e. The Balaban J connectivity index is 1.78. The van der Waals surface area contributed by atoms with Gasteiger partial charge in [-0.2, -0.15) is 0 Å². The maximum Gasteiger partial charge on any atom is -0.00463 e. The minimum absolute atomic E-state index is 1.05. The van der Waals surface area contributed by atoms with Crippen LogP contribution in [-0.2, 0) is 0 Å². The van der Waals surface area contributed by atoms with Gasteiger partial charge >= 0.3 is 0 Å². The normalized spacial score (nSPS) is 18.2. The van der Waals surface area contributed by atoms with Crippen LogP contribution in [0.3, 0.4) is 0 Å². The zero-order valence-electron chi connectivity index (χ0n) is 9.15. The van der Waals surface area contributed by atoms with Gasteiger partial charge in [0.1, 0.15) is 0 Å². The molecule has 0 unspecified atom stereocenters. The highest BCUT2D eigenvalue weighted by atomic mass is 14.8. The van der Waals surface area contributed by atoms with Crippen LogP contribution in [0.5, 0.6) is 0 Å². The summed E-state index contributed by atoms with van der Waals surface area (Å²) in [7, 11) is 0. The number of hydrogen-bond donors (Lipinski definition) is 1. The molecule has 0 spiro atoms. The Morgan fingerprint density at radius 1 is 1.08 bits per heavy atom. The lowest BCUT2D eigenvalue weighted by Gasteiger charge is -2.09. The zero-order valence-corrected chi connectivity index (χ0v) is 9.15. The molecule has 1 heteroatoms. The summed E-state index contributed by atoms with van der Waals surface area (Å²) in [4.78, 5) is 0. The molecule has 0 heterocycles. The molecule has 0 radical (unpaired) electrons. The second-order valence-electron chi connectivity index (χ2n) is 4.40. The highest BCUT2D eigenvalue weighted by Gasteiger charge is 2.13. The molecule has 13 heavy (non-hydrogen) atoms. The maximum absolute atomic E-state index is 3.55. The molecule has 0 atom stereocenters. The summed E-state index contributed by atoms with van der Waals surface area (Å²) < 4.78 is 0. The van der Waals surface area contributed by atoms with Crippen molar-refractivity contribution >= 4 is 0 Å². The molecule has 0 aromatic carbocycles. The highest BCUT2D eigenvalue weighted by molar-refractivity contribution is 4.67. The van der Waals surface area contributed by atoms with E-state index in [0.29, 0.717) is 0 Å². The van der Waals surface area contributed by atoms with Crippen LogP contribution in [0, 0.1) is 5.92 Å². The van der Waals surface area contributed by atoms with E-state index >= 15 is 0 Å². The van der Waals surface area contributed by atoms with Crippen LogP contribution in [0.15, 0.2) is 0 Å². The number of nitrogens with one attached hydrogen (secondary N) is 1. The summed E-state index contributed by atoms with van der Waals surface area (Å²) in [6.45, 7) is 4.76. The van der Waals surface area contributed by atoms with Crippen LogP contribution in [-0.4, -0.2) is 13.1 Å². The minimum Gasteiger partial charge on any atom is -0.317 e. The average molecular weight is 183 g/mol. The number of hydrogen-bond acceptors (Lipinski definition) is 1. The van der Waals surface area contributed by atoms with Gasteiger partial charge in [-0.05, 0) is 31.8 Å². The van der Waals surface area contributed by atoms with E-state index in [0.717, 1.165) is 5.92 Å². The van der Waals surface area contributed by atoms with Crippen molar-refractivity contribution in [2.75, 3.05) is 13.1 Å². The van der Waals surface area contributed by atoms with Gasteiger partial charge in [0.2, 0.25) is 0 Å². The number of unbranched alkanes of at least 4 members (excludes halogenated alkanes) is 2. The zero-order chi connectivity index (χ0) is 9.36. The van der Waals surface area contributed by atoms with Crippen LogP contribution in [0.25, 0.3) is 0 Å². The third-order valence-electron chi connectivity index (χ3n) is 3.16. The van der Waals surface area contributed by atoms with Gasteiger partial charge < -0.3 is 5.32 Å². The highest BCUT2D eigenvalue weighted by Crippen LogP contribution is 2.26. The smallest absolute Gasteiger partial charge is 0.00463 e. The van der Waals surface area contributed by atoms with E-state index in [-0.39, 0.29) is 0 Å². The summed E-state index contributed by atoms with van der Waals surface area (Å²) in [6.07, 6.45) is 11.5. The van der Waals surface area contributed by atoms with E-state index in [1.54, 1.807) is 0 Å². The first-order valence-corrected chi connectivity index (χ1v) is 6.14. The van der Waals surface area contributed by atoms with Crippen LogP contribution in [0.4, 0.5) is 0 Å². The predicted octanol–water partition coefficient (Wildman–Crippen LogP) is 3.35. The van der Waals surface area contributed by atoms with Crippen molar-refractivity contribution in [3.05, 3.63) is 0 Å². The third-order valence-corrected chi connectivity index (χ3v) is 3.16. The van der Waals surface area contributed by atoms with Crippen molar-refractivity contribution in [2.24, 2.45) is 5.92 Å². The van der Waals surface area contributed by atoms with Gasteiger partial charge in [0.15, 0.2) is 0 Å². The molecule has 1 aliphatic carbocycles. The topological polar surface area (TPSA) is 12.0 Å². The molecule has 0 aliphatic heterocycles. The molecular weight excluding hydrogens is 158 g/mol. The summed E-state index contributed by atoms with van der Waals surface area (Å²) in [6, 6.07) is 0. The van der Waals surface area contributed by atoms with Crippen molar-refractivity contribution in [1.82, 2.24) is 5.32 Å². The molecule has 0 amide bonds. The monoisotopic (exact) mass is 183 g/mol. The van der Waals surface area contributed by atoms with E-state index in [1.807, 2.05) is 0 Å². The van der Waals surface area contributed by atoms with Crippen molar-refractivity contribution < 1.29 is 0 Å². The fourth-order valence-corrected chi connectivity index (χ4v) is 2.23.